The minimum absolute atomic E-state index is 0.0130. The molecule has 8 heteroatoms. The molecule has 0 bridgehead atoms. The van der Waals surface area contributed by atoms with Gasteiger partial charge >= 0.3 is 0 Å². The number of rotatable bonds is 3. The Labute approximate surface area is 86.7 Å². The highest BCUT2D eigenvalue weighted by Gasteiger charge is 2.34. The van der Waals surface area contributed by atoms with Crippen LogP contribution in [0.4, 0.5) is 0 Å². The fourth-order valence-corrected chi connectivity index (χ4v) is 2.26. The van der Waals surface area contributed by atoms with Crippen molar-refractivity contribution in [2.24, 2.45) is 0 Å². The van der Waals surface area contributed by atoms with Crippen molar-refractivity contribution in [3.05, 3.63) is 11.9 Å². The van der Waals surface area contributed by atoms with E-state index in [2.05, 4.69) is 10.3 Å². The predicted octanol–water partition coefficient (Wildman–Crippen LogP) is -1.09. The van der Waals surface area contributed by atoms with E-state index in [4.69, 9.17) is 0 Å². The van der Waals surface area contributed by atoms with Crippen LogP contribution in [0, 0.1) is 0 Å². The number of carbonyl (C=O) groups excluding carboxylic acids is 1. The number of aldehydes is 1. The van der Waals surface area contributed by atoms with Gasteiger partial charge in [-0.05, 0) is 0 Å². The normalized spacial score (nSPS) is 18.7. The molecule has 0 aromatic carbocycles. The van der Waals surface area contributed by atoms with E-state index in [9.17, 15) is 13.2 Å². The van der Waals surface area contributed by atoms with Crippen molar-refractivity contribution >= 4 is 16.3 Å². The Hall–Kier alpha value is -1.28. The lowest BCUT2D eigenvalue weighted by molar-refractivity contribution is 0.111. The summed E-state index contributed by atoms with van der Waals surface area (Å²) in [5.41, 5.74) is 0.257. The van der Waals surface area contributed by atoms with Gasteiger partial charge in [-0.3, -0.25) is 4.79 Å². The van der Waals surface area contributed by atoms with Crippen molar-refractivity contribution in [1.82, 2.24) is 19.3 Å². The number of hydrogen-bond donors (Lipinski definition) is 0. The van der Waals surface area contributed by atoms with Gasteiger partial charge in [-0.15, -0.1) is 5.10 Å². The van der Waals surface area contributed by atoms with Crippen LogP contribution >= 0.6 is 0 Å². The number of hydrogen-bond acceptors (Lipinski definition) is 5. The number of nitrogens with zero attached hydrogens (tertiary/aromatic N) is 4. The summed E-state index contributed by atoms with van der Waals surface area (Å²) in [5, 5.41) is 7.34. The van der Waals surface area contributed by atoms with E-state index in [0.717, 1.165) is 0 Å². The first-order valence-electron chi connectivity index (χ1n) is 4.33. The summed E-state index contributed by atoms with van der Waals surface area (Å²) >= 11 is 0. The van der Waals surface area contributed by atoms with Gasteiger partial charge in [0.1, 0.15) is 5.69 Å². The minimum Gasteiger partial charge on any atom is -0.296 e. The minimum atomic E-state index is -3.10. The van der Waals surface area contributed by atoms with Gasteiger partial charge < -0.3 is 0 Å². The zero-order valence-electron chi connectivity index (χ0n) is 8.07. The number of sulfonamides is 1. The Morgan fingerprint density at radius 2 is 2.20 bits per heavy atom. The molecule has 0 amide bonds. The van der Waals surface area contributed by atoms with Crippen LogP contribution in [0.2, 0.25) is 0 Å². The second-order valence-corrected chi connectivity index (χ2v) is 5.46. The zero-order valence-corrected chi connectivity index (χ0v) is 8.88. The van der Waals surface area contributed by atoms with Crippen molar-refractivity contribution < 1.29 is 13.2 Å². The van der Waals surface area contributed by atoms with E-state index in [1.54, 1.807) is 0 Å². The lowest BCUT2D eigenvalue weighted by Crippen LogP contribution is -2.50. The molecule has 0 N–H and O–H groups in total. The highest BCUT2D eigenvalue weighted by Crippen LogP contribution is 2.22. The van der Waals surface area contributed by atoms with Crippen LogP contribution in [0.15, 0.2) is 6.20 Å². The van der Waals surface area contributed by atoms with Crippen LogP contribution in [0.1, 0.15) is 16.5 Å². The van der Waals surface area contributed by atoms with Crippen molar-refractivity contribution in [1.29, 1.82) is 0 Å². The summed E-state index contributed by atoms with van der Waals surface area (Å²) in [7, 11) is -3.10. The molecule has 0 atom stereocenters. The summed E-state index contributed by atoms with van der Waals surface area (Å²) in [6.07, 6.45) is 3.29. The Balaban J connectivity index is 2.03. The largest absolute Gasteiger partial charge is 0.296 e. The highest BCUT2D eigenvalue weighted by atomic mass is 32.2. The molecule has 0 saturated carbocycles. The second-order valence-electron chi connectivity index (χ2n) is 3.48. The van der Waals surface area contributed by atoms with Gasteiger partial charge in [0, 0.05) is 13.1 Å². The lowest BCUT2D eigenvalue weighted by Gasteiger charge is -2.36. The smallest absolute Gasteiger partial charge is 0.211 e. The molecule has 15 heavy (non-hydrogen) atoms. The van der Waals surface area contributed by atoms with Gasteiger partial charge in [0.15, 0.2) is 6.29 Å². The topological polar surface area (TPSA) is 85.2 Å². The highest BCUT2D eigenvalue weighted by molar-refractivity contribution is 7.88. The van der Waals surface area contributed by atoms with Crippen LogP contribution in [0.5, 0.6) is 0 Å². The molecule has 0 radical (unpaired) electrons. The van der Waals surface area contributed by atoms with E-state index in [0.29, 0.717) is 19.4 Å². The second kappa shape index (κ2) is 3.38. The maximum absolute atomic E-state index is 11.1. The summed E-state index contributed by atoms with van der Waals surface area (Å²) in [6.45, 7) is 0.779. The summed E-state index contributed by atoms with van der Waals surface area (Å²) < 4.78 is 25.0. The quantitative estimate of drug-likeness (QED) is 0.616. The van der Waals surface area contributed by atoms with Gasteiger partial charge in [0.25, 0.3) is 0 Å². The van der Waals surface area contributed by atoms with Crippen LogP contribution < -0.4 is 0 Å². The van der Waals surface area contributed by atoms with Crippen molar-refractivity contribution in [3.63, 3.8) is 0 Å². The van der Waals surface area contributed by atoms with Gasteiger partial charge in [-0.1, -0.05) is 5.21 Å². The molecule has 1 aliphatic heterocycles. The average Bonchev–Trinajstić information content (AvgIpc) is 2.47. The van der Waals surface area contributed by atoms with Crippen LogP contribution in [-0.2, 0) is 10.0 Å². The summed E-state index contributed by atoms with van der Waals surface area (Å²) in [5.74, 6) is 0. The lowest BCUT2D eigenvalue weighted by atomic mass is 10.2. The monoisotopic (exact) mass is 230 g/mol. The van der Waals surface area contributed by atoms with Gasteiger partial charge in [0.05, 0.1) is 18.5 Å². The van der Waals surface area contributed by atoms with Crippen LogP contribution in [-0.4, -0.2) is 53.3 Å². The summed E-state index contributed by atoms with van der Waals surface area (Å²) in [6, 6.07) is -0.0130. The Kier molecular flexibility index (Phi) is 2.31. The Bertz CT molecular complexity index is 474. The molecule has 2 heterocycles. The third kappa shape index (κ3) is 1.90. The first-order valence-corrected chi connectivity index (χ1v) is 6.17. The van der Waals surface area contributed by atoms with Crippen molar-refractivity contribution in [2.45, 2.75) is 6.04 Å². The third-order valence-electron chi connectivity index (χ3n) is 2.32. The molecule has 1 aromatic heterocycles. The zero-order chi connectivity index (χ0) is 11.1. The van der Waals surface area contributed by atoms with Crippen LogP contribution in [0.25, 0.3) is 0 Å². The third-order valence-corrected chi connectivity index (χ3v) is 3.56. The Morgan fingerprint density at radius 3 is 2.67 bits per heavy atom. The van der Waals surface area contributed by atoms with E-state index in [1.165, 1.54) is 21.4 Å². The number of carbonyl (C=O) groups is 1. The first-order chi connectivity index (χ1) is 7.00. The van der Waals surface area contributed by atoms with Gasteiger partial charge in [-0.25, -0.2) is 13.1 Å². The Morgan fingerprint density at radius 1 is 1.53 bits per heavy atom. The van der Waals surface area contributed by atoms with E-state index in [1.807, 2.05) is 0 Å². The predicted molar refractivity (Wildman–Crippen MR) is 50.9 cm³/mol. The van der Waals surface area contributed by atoms with E-state index < -0.39 is 10.0 Å². The van der Waals surface area contributed by atoms with Crippen LogP contribution in [0.3, 0.4) is 0 Å². The number of aromatic nitrogens is 3. The molecule has 1 aliphatic rings. The molecule has 0 aliphatic carbocycles. The fourth-order valence-electron chi connectivity index (χ4n) is 1.38. The van der Waals surface area contributed by atoms with Crippen molar-refractivity contribution in [3.8, 4) is 0 Å². The first kappa shape index (κ1) is 10.2. The summed E-state index contributed by atoms with van der Waals surface area (Å²) in [4.78, 5) is 10.4. The van der Waals surface area contributed by atoms with E-state index in [-0.39, 0.29) is 11.7 Å². The molecular weight excluding hydrogens is 220 g/mol. The maximum Gasteiger partial charge on any atom is 0.211 e. The standard InChI is InChI=1S/C7H10N4O3S/c1-15(13,14)10-3-7(4-10)11-2-6(5-12)8-9-11/h2,5,7H,3-4H2,1H3. The van der Waals surface area contributed by atoms with E-state index >= 15 is 0 Å². The molecule has 1 saturated heterocycles. The molecule has 1 fully saturated rings. The average molecular weight is 230 g/mol. The SMILES string of the molecule is CS(=O)(=O)N1CC(n2cc(C=O)nn2)C1. The van der Waals surface area contributed by atoms with Crippen molar-refractivity contribution in [2.75, 3.05) is 19.3 Å². The molecule has 0 unspecified atom stereocenters. The molecule has 2 rings (SSSR count). The van der Waals surface area contributed by atoms with Gasteiger partial charge in [-0.2, -0.15) is 4.31 Å². The molecule has 7 nitrogen and oxygen atoms in total. The maximum atomic E-state index is 11.1. The molecule has 0 spiro atoms. The van der Waals surface area contributed by atoms with Gasteiger partial charge in [0.2, 0.25) is 10.0 Å². The fraction of sp³-hybridized carbons (Fsp3) is 0.571. The molecule has 1 aromatic rings. The molecule has 82 valence electrons. The molecular formula is C7H10N4O3S.